The largest absolute Gasteiger partial charge is 0.481 e. The lowest BCUT2D eigenvalue weighted by Crippen LogP contribution is -2.57. The number of carbonyl (C=O) groups is 2. The van der Waals surface area contributed by atoms with E-state index in [0.29, 0.717) is 5.92 Å². The summed E-state index contributed by atoms with van der Waals surface area (Å²) >= 11 is 0. The van der Waals surface area contributed by atoms with Crippen LogP contribution in [-0.4, -0.2) is 41.1 Å². The second kappa shape index (κ2) is 4.78. The molecule has 2 saturated carbocycles. The highest BCUT2D eigenvalue weighted by Gasteiger charge is 2.41. The van der Waals surface area contributed by atoms with Crippen LogP contribution < -0.4 is 5.32 Å². The Morgan fingerprint density at radius 1 is 1.44 bits per heavy atom. The Labute approximate surface area is 108 Å². The Kier molecular flexibility index (Phi) is 3.50. The molecule has 2 rings (SSSR count). The zero-order valence-electron chi connectivity index (χ0n) is 11.1. The van der Waals surface area contributed by atoms with Crippen LogP contribution in [0, 0.1) is 11.8 Å². The van der Waals surface area contributed by atoms with Crippen LogP contribution >= 0.6 is 0 Å². The molecule has 0 heterocycles. The molecule has 0 bridgehead atoms. The van der Waals surface area contributed by atoms with Crippen LogP contribution in [0.2, 0.25) is 0 Å². The summed E-state index contributed by atoms with van der Waals surface area (Å²) < 4.78 is 0. The van der Waals surface area contributed by atoms with Crippen LogP contribution in [0.25, 0.3) is 0 Å². The minimum absolute atomic E-state index is 0.0341. The Morgan fingerprint density at radius 3 is 2.44 bits per heavy atom. The molecule has 2 fully saturated rings. The van der Waals surface area contributed by atoms with E-state index in [1.807, 2.05) is 0 Å². The third-order valence-electron chi connectivity index (χ3n) is 4.30. The summed E-state index contributed by atoms with van der Waals surface area (Å²) in [5, 5.41) is 11.8. The maximum absolute atomic E-state index is 12.0. The number of nitrogens with one attached hydrogen (secondary N) is 1. The minimum Gasteiger partial charge on any atom is -0.481 e. The van der Waals surface area contributed by atoms with Gasteiger partial charge in [0.25, 0.3) is 0 Å². The molecule has 2 unspecified atom stereocenters. The van der Waals surface area contributed by atoms with Gasteiger partial charge in [-0.25, -0.2) is 4.79 Å². The number of rotatable bonds is 5. The summed E-state index contributed by atoms with van der Waals surface area (Å²) in [6, 6.07) is -0.130. The zero-order chi connectivity index (χ0) is 13.3. The van der Waals surface area contributed by atoms with Crippen LogP contribution in [-0.2, 0) is 4.79 Å². The number of carbonyl (C=O) groups excluding carboxylic acids is 1. The van der Waals surface area contributed by atoms with Gasteiger partial charge in [0.05, 0.1) is 12.0 Å². The summed E-state index contributed by atoms with van der Waals surface area (Å²) in [4.78, 5) is 24.5. The van der Waals surface area contributed by atoms with Gasteiger partial charge >= 0.3 is 12.0 Å². The van der Waals surface area contributed by atoms with Crippen molar-refractivity contribution in [2.24, 2.45) is 11.8 Å². The summed E-state index contributed by atoms with van der Waals surface area (Å²) in [6.45, 7) is 2.96. The van der Waals surface area contributed by atoms with Crippen LogP contribution in [0.1, 0.15) is 39.0 Å². The number of hydrogen-bond acceptors (Lipinski definition) is 2. The number of nitrogens with zero attached hydrogens (tertiary/aromatic N) is 1. The van der Waals surface area contributed by atoms with Gasteiger partial charge in [-0.2, -0.15) is 0 Å². The van der Waals surface area contributed by atoms with Gasteiger partial charge in [0, 0.05) is 13.6 Å². The molecule has 5 nitrogen and oxygen atoms in total. The Hall–Kier alpha value is -1.26. The fourth-order valence-electron chi connectivity index (χ4n) is 2.65. The van der Waals surface area contributed by atoms with Crippen molar-refractivity contribution in [1.82, 2.24) is 10.2 Å². The molecule has 0 saturated heterocycles. The number of urea groups is 1. The van der Waals surface area contributed by atoms with Gasteiger partial charge < -0.3 is 15.3 Å². The molecule has 2 amide bonds. The van der Waals surface area contributed by atoms with Crippen molar-refractivity contribution in [3.63, 3.8) is 0 Å². The molecule has 18 heavy (non-hydrogen) atoms. The standard InChI is InChI=1S/C13H22N2O3/c1-9-6-10(9)8-15(2)12(18)14-13(4-3-5-13)7-11(16)17/h9-10H,3-8H2,1-2H3,(H,14,18)(H,16,17). The third-order valence-corrected chi connectivity index (χ3v) is 4.30. The molecule has 2 atom stereocenters. The molecule has 2 aliphatic rings. The van der Waals surface area contributed by atoms with Crippen molar-refractivity contribution in [2.45, 2.75) is 44.6 Å². The first-order chi connectivity index (χ1) is 8.42. The van der Waals surface area contributed by atoms with E-state index in [0.717, 1.165) is 31.7 Å². The zero-order valence-corrected chi connectivity index (χ0v) is 11.1. The second-order valence-corrected chi connectivity index (χ2v) is 5.99. The van der Waals surface area contributed by atoms with E-state index in [2.05, 4.69) is 12.2 Å². The number of hydrogen-bond donors (Lipinski definition) is 2. The summed E-state index contributed by atoms with van der Waals surface area (Å²) in [5.41, 5.74) is -0.494. The summed E-state index contributed by atoms with van der Waals surface area (Å²) in [5.74, 6) is 0.503. The van der Waals surface area contributed by atoms with Gasteiger partial charge in [-0.3, -0.25) is 4.79 Å². The van der Waals surface area contributed by atoms with Crippen molar-refractivity contribution >= 4 is 12.0 Å². The topological polar surface area (TPSA) is 69.6 Å². The van der Waals surface area contributed by atoms with Crippen LogP contribution in [0.3, 0.4) is 0 Å². The van der Waals surface area contributed by atoms with Gasteiger partial charge in [0.1, 0.15) is 0 Å². The van der Waals surface area contributed by atoms with Gasteiger partial charge in [0.2, 0.25) is 0 Å². The van der Waals surface area contributed by atoms with E-state index < -0.39 is 11.5 Å². The average molecular weight is 254 g/mol. The molecular weight excluding hydrogens is 232 g/mol. The predicted octanol–water partition coefficient (Wildman–Crippen LogP) is 1.68. The highest BCUT2D eigenvalue weighted by Crippen LogP contribution is 2.38. The predicted molar refractivity (Wildman–Crippen MR) is 67.3 cm³/mol. The number of carboxylic acid groups (broad SMARTS) is 1. The molecule has 0 aliphatic heterocycles. The van der Waals surface area contributed by atoms with Crippen molar-refractivity contribution in [2.75, 3.05) is 13.6 Å². The summed E-state index contributed by atoms with van der Waals surface area (Å²) in [6.07, 6.45) is 3.78. The number of carboxylic acids is 1. The highest BCUT2D eigenvalue weighted by atomic mass is 16.4. The van der Waals surface area contributed by atoms with Gasteiger partial charge in [0.15, 0.2) is 0 Å². The van der Waals surface area contributed by atoms with Crippen molar-refractivity contribution in [1.29, 1.82) is 0 Å². The van der Waals surface area contributed by atoms with Gasteiger partial charge in [-0.05, 0) is 37.5 Å². The first kappa shape index (κ1) is 13.2. The Balaban J connectivity index is 1.83. The summed E-state index contributed by atoms with van der Waals surface area (Å²) in [7, 11) is 1.79. The molecule has 2 N–H and O–H groups in total. The Morgan fingerprint density at radius 2 is 2.06 bits per heavy atom. The van der Waals surface area contributed by atoms with E-state index in [4.69, 9.17) is 5.11 Å². The van der Waals surface area contributed by atoms with Crippen molar-refractivity contribution in [3.05, 3.63) is 0 Å². The fourth-order valence-corrected chi connectivity index (χ4v) is 2.65. The molecule has 0 aromatic heterocycles. The lowest BCUT2D eigenvalue weighted by molar-refractivity contribution is -0.139. The van der Waals surface area contributed by atoms with E-state index in [1.165, 1.54) is 6.42 Å². The monoisotopic (exact) mass is 254 g/mol. The van der Waals surface area contributed by atoms with Crippen molar-refractivity contribution in [3.8, 4) is 0 Å². The molecular formula is C13H22N2O3. The molecule has 0 spiro atoms. The van der Waals surface area contributed by atoms with Crippen LogP contribution in [0.4, 0.5) is 4.79 Å². The molecule has 102 valence electrons. The molecule has 0 radical (unpaired) electrons. The van der Waals surface area contributed by atoms with Gasteiger partial charge in [-0.1, -0.05) is 6.92 Å². The maximum atomic E-state index is 12.0. The van der Waals surface area contributed by atoms with Gasteiger partial charge in [-0.15, -0.1) is 0 Å². The Bertz CT molecular complexity index is 352. The molecule has 0 aromatic carbocycles. The minimum atomic E-state index is -0.839. The quantitative estimate of drug-likeness (QED) is 0.784. The fraction of sp³-hybridized carbons (Fsp3) is 0.846. The van der Waals surface area contributed by atoms with Crippen molar-refractivity contribution < 1.29 is 14.7 Å². The smallest absolute Gasteiger partial charge is 0.317 e. The van der Waals surface area contributed by atoms with Crippen LogP contribution in [0.5, 0.6) is 0 Å². The third kappa shape index (κ3) is 2.94. The molecule has 0 aromatic rings. The van der Waals surface area contributed by atoms with E-state index in [-0.39, 0.29) is 12.5 Å². The number of amides is 2. The van der Waals surface area contributed by atoms with E-state index in [1.54, 1.807) is 11.9 Å². The van der Waals surface area contributed by atoms with Crippen LogP contribution in [0.15, 0.2) is 0 Å². The van der Waals surface area contributed by atoms with E-state index in [9.17, 15) is 9.59 Å². The normalized spacial score (nSPS) is 28.1. The second-order valence-electron chi connectivity index (χ2n) is 5.99. The molecule has 5 heteroatoms. The first-order valence-corrected chi connectivity index (χ1v) is 6.67. The first-order valence-electron chi connectivity index (χ1n) is 6.67. The number of aliphatic carboxylic acids is 1. The SMILES string of the molecule is CC1CC1CN(C)C(=O)NC1(CC(=O)O)CCC1. The lowest BCUT2D eigenvalue weighted by atomic mass is 9.74. The maximum Gasteiger partial charge on any atom is 0.317 e. The molecule has 2 aliphatic carbocycles. The lowest BCUT2D eigenvalue weighted by Gasteiger charge is -2.42. The average Bonchev–Trinajstić information content (AvgIpc) is 2.90. The van der Waals surface area contributed by atoms with E-state index >= 15 is 0 Å². The highest BCUT2D eigenvalue weighted by molar-refractivity contribution is 5.77.